The predicted molar refractivity (Wildman–Crippen MR) is 130 cm³/mol. The monoisotopic (exact) mass is 444 g/mol. The van der Waals surface area contributed by atoms with Gasteiger partial charge in [-0.1, -0.05) is 35.9 Å². The van der Waals surface area contributed by atoms with Crippen molar-refractivity contribution in [2.75, 3.05) is 4.90 Å². The van der Waals surface area contributed by atoms with Crippen molar-refractivity contribution in [1.29, 1.82) is 0 Å². The lowest BCUT2D eigenvalue weighted by Crippen LogP contribution is -2.30. The summed E-state index contributed by atoms with van der Waals surface area (Å²) in [6.45, 7) is 2.02. The Labute approximate surface area is 192 Å². The van der Waals surface area contributed by atoms with E-state index in [-0.39, 0.29) is 12.1 Å². The quantitative estimate of drug-likeness (QED) is 0.391. The number of para-hydroxylation sites is 1. The van der Waals surface area contributed by atoms with E-state index in [1.807, 2.05) is 61.7 Å². The van der Waals surface area contributed by atoms with E-state index >= 15 is 0 Å². The molecule has 5 rings (SSSR count). The maximum absolute atomic E-state index is 6.28. The number of nitrogens with one attached hydrogen (secondary N) is 1. The van der Waals surface area contributed by atoms with Gasteiger partial charge in [0.1, 0.15) is 6.04 Å². The lowest BCUT2D eigenvalue weighted by molar-refractivity contribution is 0.549. The number of hydrogen-bond donors (Lipinski definition) is 1. The van der Waals surface area contributed by atoms with Crippen LogP contribution in [0.2, 0.25) is 5.02 Å². The molecule has 0 unspecified atom stereocenters. The number of thiocarbonyl (C=S) groups is 1. The Kier molecular flexibility index (Phi) is 5.22. The van der Waals surface area contributed by atoms with Crippen molar-refractivity contribution in [3.63, 3.8) is 0 Å². The highest BCUT2D eigenvalue weighted by Crippen LogP contribution is 2.42. The highest BCUT2D eigenvalue weighted by atomic mass is 35.5. The van der Waals surface area contributed by atoms with Crippen LogP contribution in [0, 0.1) is 6.92 Å². The number of pyridine rings is 1. The molecule has 4 aromatic rings. The predicted octanol–water partition coefficient (Wildman–Crippen LogP) is 6.01. The van der Waals surface area contributed by atoms with Crippen LogP contribution in [-0.2, 0) is 0 Å². The van der Waals surface area contributed by atoms with Gasteiger partial charge in [-0.2, -0.15) is 0 Å². The summed E-state index contributed by atoms with van der Waals surface area (Å²) in [6.07, 6.45) is 3.90. The van der Waals surface area contributed by atoms with Gasteiger partial charge in [0.15, 0.2) is 5.11 Å². The molecule has 2 aromatic carbocycles. The van der Waals surface area contributed by atoms with Crippen LogP contribution in [-0.4, -0.2) is 14.7 Å². The number of anilines is 1. The Balaban J connectivity index is 1.67. The maximum Gasteiger partial charge on any atom is 0.174 e. The van der Waals surface area contributed by atoms with Crippen LogP contribution in [0.5, 0.6) is 0 Å². The molecule has 31 heavy (non-hydrogen) atoms. The molecule has 0 bridgehead atoms. The zero-order chi connectivity index (χ0) is 21.4. The van der Waals surface area contributed by atoms with Gasteiger partial charge in [-0.3, -0.25) is 4.98 Å². The van der Waals surface area contributed by atoms with Crippen LogP contribution in [0.15, 0.2) is 91.3 Å². The first-order valence-electron chi connectivity index (χ1n) is 10.1. The second-order valence-electron chi connectivity index (χ2n) is 7.57. The van der Waals surface area contributed by atoms with Gasteiger partial charge in [-0.15, -0.1) is 0 Å². The lowest BCUT2D eigenvalue weighted by Gasteiger charge is -2.29. The summed E-state index contributed by atoms with van der Waals surface area (Å²) >= 11 is 12.1. The van der Waals surface area contributed by atoms with E-state index < -0.39 is 0 Å². The molecule has 1 saturated heterocycles. The Bertz CT molecular complexity index is 1220. The van der Waals surface area contributed by atoms with Gasteiger partial charge in [-0.05, 0) is 79.3 Å². The zero-order valence-corrected chi connectivity index (χ0v) is 18.5. The minimum Gasteiger partial charge on any atom is -0.351 e. The summed E-state index contributed by atoms with van der Waals surface area (Å²) in [5.41, 5.74) is 5.22. The van der Waals surface area contributed by atoms with Crippen LogP contribution in [0.25, 0.3) is 5.69 Å². The van der Waals surface area contributed by atoms with Gasteiger partial charge in [0.25, 0.3) is 0 Å². The molecule has 1 aliphatic rings. The van der Waals surface area contributed by atoms with Crippen molar-refractivity contribution in [2.45, 2.75) is 19.0 Å². The number of aromatic nitrogens is 2. The number of halogens is 1. The third-order valence-corrected chi connectivity index (χ3v) is 6.37. The highest BCUT2D eigenvalue weighted by Gasteiger charge is 2.42. The van der Waals surface area contributed by atoms with Crippen molar-refractivity contribution >= 4 is 34.6 Å². The summed E-state index contributed by atoms with van der Waals surface area (Å²) in [5.74, 6) is 0. The van der Waals surface area contributed by atoms with Gasteiger partial charge in [0.05, 0.1) is 11.7 Å². The van der Waals surface area contributed by atoms with Gasteiger partial charge < -0.3 is 14.8 Å². The average molecular weight is 445 g/mol. The maximum atomic E-state index is 6.28. The SMILES string of the molecule is Cc1cc(-n2cccc2[C@@H]2[C@@H](c3ccccn3)NC(=S)N2c2ccccc2)ccc1Cl. The molecule has 2 aromatic heterocycles. The first-order valence-corrected chi connectivity index (χ1v) is 10.9. The molecule has 1 fully saturated rings. The minimum absolute atomic E-state index is 0.0733. The summed E-state index contributed by atoms with van der Waals surface area (Å²) < 4.78 is 2.20. The summed E-state index contributed by atoms with van der Waals surface area (Å²) in [4.78, 5) is 6.82. The number of aryl methyl sites for hydroxylation is 1. The van der Waals surface area contributed by atoms with Gasteiger partial charge in [0, 0.05) is 34.5 Å². The smallest absolute Gasteiger partial charge is 0.174 e. The summed E-state index contributed by atoms with van der Waals surface area (Å²) in [7, 11) is 0. The molecular formula is C25H21ClN4S. The van der Waals surface area contributed by atoms with Crippen molar-refractivity contribution in [1.82, 2.24) is 14.9 Å². The van der Waals surface area contributed by atoms with Crippen LogP contribution in [0.1, 0.15) is 29.0 Å². The fourth-order valence-electron chi connectivity index (χ4n) is 4.17. The number of rotatable bonds is 4. The minimum atomic E-state index is -0.0871. The van der Waals surface area contributed by atoms with Gasteiger partial charge in [-0.25, -0.2) is 0 Å². The molecule has 154 valence electrons. The molecule has 0 spiro atoms. The number of benzene rings is 2. The summed E-state index contributed by atoms with van der Waals surface area (Å²) in [6, 6.07) is 26.4. The Morgan fingerprint density at radius 1 is 0.935 bits per heavy atom. The van der Waals surface area contributed by atoms with Crippen LogP contribution < -0.4 is 10.2 Å². The van der Waals surface area contributed by atoms with Crippen molar-refractivity contribution < 1.29 is 0 Å². The first-order chi connectivity index (χ1) is 15.1. The van der Waals surface area contributed by atoms with Crippen LogP contribution in [0.4, 0.5) is 5.69 Å². The van der Waals surface area contributed by atoms with E-state index in [1.165, 1.54) is 0 Å². The van der Waals surface area contributed by atoms with Crippen molar-refractivity contribution in [3.05, 3.63) is 113 Å². The zero-order valence-electron chi connectivity index (χ0n) is 16.9. The molecule has 1 aliphatic heterocycles. The molecular weight excluding hydrogens is 424 g/mol. The third-order valence-electron chi connectivity index (χ3n) is 5.64. The van der Waals surface area contributed by atoms with Gasteiger partial charge in [0.2, 0.25) is 0 Å². The molecule has 4 nitrogen and oxygen atoms in total. The molecule has 1 N–H and O–H groups in total. The largest absolute Gasteiger partial charge is 0.351 e. The fraction of sp³-hybridized carbons (Fsp3) is 0.120. The first kappa shape index (κ1) is 19.8. The molecule has 3 heterocycles. The fourth-order valence-corrected chi connectivity index (χ4v) is 4.63. The second kappa shape index (κ2) is 8.17. The van der Waals surface area contributed by atoms with E-state index in [2.05, 4.69) is 56.3 Å². The number of nitrogens with zero attached hydrogens (tertiary/aromatic N) is 3. The van der Waals surface area contributed by atoms with E-state index in [0.29, 0.717) is 5.11 Å². The van der Waals surface area contributed by atoms with E-state index in [9.17, 15) is 0 Å². The third kappa shape index (κ3) is 3.60. The van der Waals surface area contributed by atoms with E-state index in [0.717, 1.165) is 33.3 Å². The lowest BCUT2D eigenvalue weighted by atomic mass is 10.0. The molecule has 0 aliphatic carbocycles. The Morgan fingerprint density at radius 3 is 2.48 bits per heavy atom. The van der Waals surface area contributed by atoms with Crippen molar-refractivity contribution in [3.8, 4) is 5.69 Å². The van der Waals surface area contributed by atoms with E-state index in [4.69, 9.17) is 23.8 Å². The average Bonchev–Trinajstić information content (AvgIpc) is 3.41. The molecule has 0 amide bonds. The highest BCUT2D eigenvalue weighted by molar-refractivity contribution is 7.80. The number of hydrogen-bond acceptors (Lipinski definition) is 2. The van der Waals surface area contributed by atoms with Crippen molar-refractivity contribution in [2.24, 2.45) is 0 Å². The summed E-state index contributed by atoms with van der Waals surface area (Å²) in [5, 5.41) is 4.97. The molecule has 6 heteroatoms. The Hall–Kier alpha value is -3.15. The normalized spacial score (nSPS) is 18.3. The van der Waals surface area contributed by atoms with Crippen LogP contribution in [0.3, 0.4) is 0 Å². The second-order valence-corrected chi connectivity index (χ2v) is 8.36. The molecule has 2 atom stereocenters. The molecule has 0 radical (unpaired) electrons. The van der Waals surface area contributed by atoms with E-state index in [1.54, 1.807) is 0 Å². The Morgan fingerprint density at radius 2 is 1.74 bits per heavy atom. The van der Waals surface area contributed by atoms with Gasteiger partial charge >= 0.3 is 0 Å². The standard InChI is InChI=1S/C25H21ClN4S/c1-17-16-19(12-13-20(17)26)29-15-7-11-22(29)24-23(21-10-5-6-14-27-21)28-25(31)30(24)18-8-3-2-4-9-18/h2-16,23-24H,1H3,(H,28,31)/t23-,24-/m1/s1. The molecule has 0 saturated carbocycles. The topological polar surface area (TPSA) is 33.1 Å². The van der Waals surface area contributed by atoms with Crippen LogP contribution >= 0.6 is 23.8 Å².